The molecule has 2 aromatic rings. The second-order valence-corrected chi connectivity index (χ2v) is 5.21. The first-order valence-electron chi connectivity index (χ1n) is 5.83. The maximum Gasteiger partial charge on any atom is 0.335 e. The fraction of sp³-hybridized carbons (Fsp3) is 0.0714. The van der Waals surface area contributed by atoms with Crippen LogP contribution in [0.4, 0.5) is 5.69 Å². The van der Waals surface area contributed by atoms with Crippen LogP contribution in [0.15, 0.2) is 40.9 Å². The van der Waals surface area contributed by atoms with E-state index >= 15 is 0 Å². The number of aromatic carboxylic acids is 1. The number of nitrogens with zero attached hydrogens (tertiary/aromatic N) is 1. The summed E-state index contributed by atoms with van der Waals surface area (Å²) in [4.78, 5) is 21.3. The van der Waals surface area contributed by atoms with Gasteiger partial charge in [-0.2, -0.15) is 0 Å². The number of ether oxygens (including phenoxy) is 1. The maximum atomic E-state index is 11.0. The smallest absolute Gasteiger partial charge is 0.335 e. The third-order valence-electron chi connectivity index (χ3n) is 2.73. The van der Waals surface area contributed by atoms with Crippen molar-refractivity contribution in [1.82, 2.24) is 0 Å². The summed E-state index contributed by atoms with van der Waals surface area (Å²) in [6.45, 7) is 1.76. The van der Waals surface area contributed by atoms with Crippen LogP contribution in [0.5, 0.6) is 11.5 Å². The number of benzene rings is 2. The van der Waals surface area contributed by atoms with E-state index in [2.05, 4.69) is 15.9 Å². The molecule has 0 atom stereocenters. The number of aryl methyl sites for hydroxylation is 1. The van der Waals surface area contributed by atoms with Crippen LogP contribution in [-0.4, -0.2) is 16.0 Å². The van der Waals surface area contributed by atoms with Crippen molar-refractivity contribution in [3.63, 3.8) is 0 Å². The van der Waals surface area contributed by atoms with Gasteiger partial charge in [0.05, 0.1) is 16.6 Å². The summed E-state index contributed by atoms with van der Waals surface area (Å²) in [5, 5.41) is 19.8. The van der Waals surface area contributed by atoms with Crippen LogP contribution in [0.3, 0.4) is 0 Å². The molecular formula is C14H10BrNO5. The second kappa shape index (κ2) is 5.92. The van der Waals surface area contributed by atoms with Crippen molar-refractivity contribution in [3.8, 4) is 11.5 Å². The molecule has 7 heteroatoms. The van der Waals surface area contributed by atoms with E-state index in [1.165, 1.54) is 24.3 Å². The number of hydrogen-bond acceptors (Lipinski definition) is 4. The van der Waals surface area contributed by atoms with Gasteiger partial charge in [0, 0.05) is 10.5 Å². The van der Waals surface area contributed by atoms with E-state index in [-0.39, 0.29) is 17.0 Å². The van der Waals surface area contributed by atoms with E-state index in [9.17, 15) is 14.9 Å². The lowest BCUT2D eigenvalue weighted by molar-refractivity contribution is -0.385. The average Bonchev–Trinajstić information content (AvgIpc) is 2.40. The van der Waals surface area contributed by atoms with Crippen molar-refractivity contribution < 1.29 is 19.6 Å². The lowest BCUT2D eigenvalue weighted by Crippen LogP contribution is -1.98. The van der Waals surface area contributed by atoms with Gasteiger partial charge in [0.15, 0.2) is 0 Å². The van der Waals surface area contributed by atoms with E-state index in [4.69, 9.17) is 9.84 Å². The minimum atomic E-state index is -1.07. The monoisotopic (exact) mass is 351 g/mol. The summed E-state index contributed by atoms with van der Waals surface area (Å²) >= 11 is 3.17. The lowest BCUT2D eigenvalue weighted by Gasteiger charge is -2.10. The Kier molecular flexibility index (Phi) is 4.23. The lowest BCUT2D eigenvalue weighted by atomic mass is 10.1. The molecular weight excluding hydrogens is 342 g/mol. The van der Waals surface area contributed by atoms with Gasteiger partial charge < -0.3 is 9.84 Å². The van der Waals surface area contributed by atoms with E-state index in [0.29, 0.717) is 10.2 Å². The molecule has 0 saturated heterocycles. The Balaban J connectivity index is 2.40. The van der Waals surface area contributed by atoms with Gasteiger partial charge in [-0.1, -0.05) is 22.0 Å². The van der Waals surface area contributed by atoms with E-state index in [1.807, 2.05) is 0 Å². The molecule has 0 amide bonds. The summed E-state index contributed by atoms with van der Waals surface area (Å²) in [7, 11) is 0. The largest absolute Gasteiger partial charge is 0.478 e. The molecule has 108 valence electrons. The van der Waals surface area contributed by atoms with Crippen LogP contribution in [0, 0.1) is 17.0 Å². The number of hydrogen-bond donors (Lipinski definition) is 1. The fourth-order valence-electron chi connectivity index (χ4n) is 1.68. The summed E-state index contributed by atoms with van der Waals surface area (Å²) in [6, 6.07) is 8.66. The minimum absolute atomic E-state index is 0.0834. The predicted molar refractivity (Wildman–Crippen MR) is 79.0 cm³/mol. The molecule has 0 saturated carbocycles. The zero-order valence-corrected chi connectivity index (χ0v) is 12.5. The van der Waals surface area contributed by atoms with Gasteiger partial charge in [0.1, 0.15) is 11.5 Å². The van der Waals surface area contributed by atoms with Gasteiger partial charge in [0.25, 0.3) is 5.69 Å². The van der Waals surface area contributed by atoms with Gasteiger partial charge in [-0.25, -0.2) is 4.79 Å². The molecule has 0 radical (unpaired) electrons. The van der Waals surface area contributed by atoms with Gasteiger partial charge in [-0.3, -0.25) is 10.1 Å². The molecule has 0 bridgehead atoms. The first kappa shape index (κ1) is 15.0. The average molecular weight is 352 g/mol. The Hall–Kier alpha value is -2.41. The summed E-state index contributed by atoms with van der Waals surface area (Å²) in [5.74, 6) is -0.482. The zero-order valence-electron chi connectivity index (χ0n) is 10.9. The quantitative estimate of drug-likeness (QED) is 0.659. The van der Waals surface area contributed by atoms with Gasteiger partial charge in [-0.05, 0) is 30.7 Å². The maximum absolute atomic E-state index is 11.0. The minimum Gasteiger partial charge on any atom is -0.478 e. The SMILES string of the molecule is Cc1ccc(C(=O)O)cc1Oc1cc(Br)cc([N+](=O)[O-])c1. The van der Waals surface area contributed by atoms with Crippen LogP contribution in [0.2, 0.25) is 0 Å². The van der Waals surface area contributed by atoms with Gasteiger partial charge in [-0.15, -0.1) is 0 Å². The van der Waals surface area contributed by atoms with Gasteiger partial charge in [0.2, 0.25) is 0 Å². The summed E-state index contributed by atoms with van der Waals surface area (Å²) < 4.78 is 6.07. The highest BCUT2D eigenvalue weighted by atomic mass is 79.9. The molecule has 2 aromatic carbocycles. The number of halogens is 1. The Labute approximate surface area is 128 Å². The standard InChI is InChI=1S/C14H10BrNO5/c1-8-2-3-9(14(17)18)4-13(8)21-12-6-10(15)5-11(7-12)16(19)20/h2-7H,1H3,(H,17,18). The third-order valence-corrected chi connectivity index (χ3v) is 3.19. The molecule has 1 N–H and O–H groups in total. The number of nitro benzene ring substituents is 1. The second-order valence-electron chi connectivity index (χ2n) is 4.29. The summed E-state index contributed by atoms with van der Waals surface area (Å²) in [6.07, 6.45) is 0. The first-order chi connectivity index (χ1) is 9.86. The molecule has 6 nitrogen and oxygen atoms in total. The Bertz CT molecular complexity index is 729. The molecule has 0 aliphatic heterocycles. The number of carbonyl (C=O) groups is 1. The van der Waals surface area contributed by atoms with Crippen LogP contribution in [-0.2, 0) is 0 Å². The third kappa shape index (κ3) is 3.57. The van der Waals surface area contributed by atoms with Crippen molar-refractivity contribution in [3.05, 3.63) is 62.1 Å². The highest BCUT2D eigenvalue weighted by Crippen LogP contribution is 2.31. The molecule has 0 aromatic heterocycles. The number of carboxylic acid groups (broad SMARTS) is 1. The van der Waals surface area contributed by atoms with Crippen LogP contribution in [0.25, 0.3) is 0 Å². The zero-order chi connectivity index (χ0) is 15.6. The number of non-ortho nitro benzene ring substituents is 1. The van der Waals surface area contributed by atoms with Crippen molar-refractivity contribution in [1.29, 1.82) is 0 Å². The molecule has 2 rings (SSSR count). The van der Waals surface area contributed by atoms with Gasteiger partial charge >= 0.3 is 5.97 Å². The molecule has 0 aliphatic carbocycles. The van der Waals surface area contributed by atoms with E-state index < -0.39 is 10.9 Å². The molecule has 0 unspecified atom stereocenters. The number of nitro groups is 1. The van der Waals surface area contributed by atoms with Crippen LogP contribution < -0.4 is 4.74 Å². The van der Waals surface area contributed by atoms with Crippen molar-refractivity contribution >= 4 is 27.6 Å². The Morgan fingerprint density at radius 3 is 2.62 bits per heavy atom. The normalized spacial score (nSPS) is 10.2. The van der Waals surface area contributed by atoms with Crippen molar-refractivity contribution in [2.75, 3.05) is 0 Å². The van der Waals surface area contributed by atoms with E-state index in [1.54, 1.807) is 19.1 Å². The highest BCUT2D eigenvalue weighted by molar-refractivity contribution is 9.10. The Morgan fingerprint density at radius 2 is 2.00 bits per heavy atom. The highest BCUT2D eigenvalue weighted by Gasteiger charge is 2.12. The first-order valence-corrected chi connectivity index (χ1v) is 6.63. The molecule has 0 spiro atoms. The Morgan fingerprint density at radius 1 is 1.29 bits per heavy atom. The molecule has 21 heavy (non-hydrogen) atoms. The molecule has 0 aliphatic rings. The van der Waals surface area contributed by atoms with Crippen LogP contribution in [0.1, 0.15) is 15.9 Å². The van der Waals surface area contributed by atoms with Crippen molar-refractivity contribution in [2.24, 2.45) is 0 Å². The van der Waals surface area contributed by atoms with E-state index in [0.717, 1.165) is 5.56 Å². The topological polar surface area (TPSA) is 89.7 Å². The van der Waals surface area contributed by atoms with Crippen LogP contribution >= 0.6 is 15.9 Å². The molecule has 0 heterocycles. The predicted octanol–water partition coefficient (Wildman–Crippen LogP) is 4.16. The number of carboxylic acids is 1. The van der Waals surface area contributed by atoms with Crippen molar-refractivity contribution in [2.45, 2.75) is 6.92 Å². The fourth-order valence-corrected chi connectivity index (χ4v) is 2.14. The molecule has 0 fully saturated rings. The summed E-state index contributed by atoms with van der Waals surface area (Å²) in [5.41, 5.74) is 0.689. The number of rotatable bonds is 4.